The number of halogens is 2. The average molecular weight is 460 g/mol. The molecule has 4 rings (SSSR count). The molecule has 3 aromatic rings. The van der Waals surface area contributed by atoms with Gasteiger partial charge in [-0.3, -0.25) is 9.59 Å². The highest BCUT2D eigenvalue weighted by molar-refractivity contribution is 6.44. The summed E-state index contributed by atoms with van der Waals surface area (Å²) in [5.74, 6) is 0.556. The number of hydrazone groups is 1. The van der Waals surface area contributed by atoms with Crippen molar-refractivity contribution in [1.82, 2.24) is 5.43 Å². The number of nitrogens with one attached hydrogen (secondary N) is 2. The molecular weight excluding hydrogens is 441 g/mol. The van der Waals surface area contributed by atoms with Gasteiger partial charge in [0, 0.05) is 17.5 Å². The van der Waals surface area contributed by atoms with E-state index in [1.165, 1.54) is 6.26 Å². The minimum Gasteiger partial charge on any atom is -0.469 e. The third-order valence-corrected chi connectivity index (χ3v) is 5.95. The van der Waals surface area contributed by atoms with Crippen LogP contribution in [0.3, 0.4) is 0 Å². The van der Waals surface area contributed by atoms with Crippen molar-refractivity contribution in [2.45, 2.75) is 33.1 Å². The predicted octanol–water partition coefficient (Wildman–Crippen LogP) is 5.52. The largest absolute Gasteiger partial charge is 0.469 e. The zero-order valence-corrected chi connectivity index (χ0v) is 18.4. The Kier molecular flexibility index (Phi) is 5.89. The lowest BCUT2D eigenvalue weighted by atomic mass is 9.93. The number of amides is 2. The third-order valence-electron chi connectivity index (χ3n) is 5.13. The molecule has 2 aromatic heterocycles. The van der Waals surface area contributed by atoms with Crippen molar-refractivity contribution in [2.24, 2.45) is 5.10 Å². The lowest BCUT2D eigenvalue weighted by Gasteiger charge is -2.13. The molecule has 0 aliphatic heterocycles. The summed E-state index contributed by atoms with van der Waals surface area (Å²) in [7, 11) is 0. The number of carbonyl (C=O) groups is 2. The average Bonchev–Trinajstić information content (AvgIpc) is 3.33. The van der Waals surface area contributed by atoms with Gasteiger partial charge in [0.15, 0.2) is 5.76 Å². The molecule has 0 atom stereocenters. The molecule has 1 aromatic carbocycles. The molecule has 0 bridgehead atoms. The Morgan fingerprint density at radius 1 is 1.10 bits per heavy atom. The summed E-state index contributed by atoms with van der Waals surface area (Å²) in [6.07, 6.45) is 3.57. The van der Waals surface area contributed by atoms with Gasteiger partial charge in [0.1, 0.15) is 11.5 Å². The summed E-state index contributed by atoms with van der Waals surface area (Å²) >= 11 is 12.2. The summed E-state index contributed by atoms with van der Waals surface area (Å²) in [6.45, 7) is 3.50. The second-order valence-corrected chi connectivity index (χ2v) is 7.94. The molecule has 31 heavy (non-hydrogen) atoms. The lowest BCUT2D eigenvalue weighted by molar-refractivity contribution is 0.0952. The van der Waals surface area contributed by atoms with E-state index in [1.807, 2.05) is 0 Å². The molecule has 0 unspecified atom stereocenters. The number of aryl methyl sites for hydroxylation is 2. The molecule has 0 radical (unpaired) electrons. The van der Waals surface area contributed by atoms with Gasteiger partial charge >= 0.3 is 0 Å². The molecule has 2 amide bonds. The van der Waals surface area contributed by atoms with Crippen LogP contribution in [0.4, 0.5) is 5.69 Å². The first kappa shape index (κ1) is 21.2. The molecule has 2 N–H and O–H groups in total. The van der Waals surface area contributed by atoms with Crippen LogP contribution in [0, 0.1) is 13.8 Å². The van der Waals surface area contributed by atoms with Gasteiger partial charge in [-0.1, -0.05) is 29.3 Å². The van der Waals surface area contributed by atoms with Crippen LogP contribution in [0.25, 0.3) is 0 Å². The zero-order chi connectivity index (χ0) is 22.1. The van der Waals surface area contributed by atoms with Crippen LogP contribution in [0.1, 0.15) is 56.4 Å². The van der Waals surface area contributed by atoms with E-state index in [4.69, 9.17) is 32.0 Å². The molecule has 160 valence electrons. The van der Waals surface area contributed by atoms with E-state index in [9.17, 15) is 9.59 Å². The Hall–Kier alpha value is -3.03. The van der Waals surface area contributed by atoms with Crippen molar-refractivity contribution in [1.29, 1.82) is 0 Å². The molecule has 0 fully saturated rings. The SMILES string of the molecule is Cc1occc1C(=O)N/N=C1\CCCc2oc(C(=O)Nc3cccc(Cl)c3Cl)c(C)c21. The maximum atomic E-state index is 12.9. The standard InChI is InChI=1S/C22H19Cl2N3O4/c1-11-18-15(26-27-21(28)13-9-10-30-12(13)2)6-4-8-17(18)31-20(11)22(29)25-16-7-3-5-14(23)19(16)24/h3,5,7,9-10H,4,6,8H2,1-2H3,(H,25,29)(H,27,28)/b26-15+. The maximum Gasteiger partial charge on any atom is 0.291 e. The van der Waals surface area contributed by atoms with Crippen LogP contribution >= 0.6 is 23.2 Å². The van der Waals surface area contributed by atoms with Crippen LogP contribution in [0.5, 0.6) is 0 Å². The molecule has 1 aliphatic rings. The van der Waals surface area contributed by atoms with Gasteiger partial charge in [0.05, 0.1) is 33.3 Å². The fourth-order valence-corrected chi connectivity index (χ4v) is 3.92. The smallest absolute Gasteiger partial charge is 0.291 e. The van der Waals surface area contributed by atoms with Crippen LogP contribution in [0.2, 0.25) is 10.0 Å². The number of hydrogen-bond acceptors (Lipinski definition) is 5. The van der Waals surface area contributed by atoms with Crippen LogP contribution in [-0.2, 0) is 6.42 Å². The Balaban J connectivity index is 1.59. The van der Waals surface area contributed by atoms with Crippen molar-refractivity contribution < 1.29 is 18.4 Å². The number of hydrogen-bond donors (Lipinski definition) is 2. The van der Waals surface area contributed by atoms with E-state index in [0.717, 1.165) is 12.0 Å². The number of fused-ring (bicyclic) bond motifs is 1. The highest BCUT2D eigenvalue weighted by Crippen LogP contribution is 2.33. The van der Waals surface area contributed by atoms with Crippen molar-refractivity contribution in [3.05, 3.63) is 74.5 Å². The Labute approximate surface area is 188 Å². The van der Waals surface area contributed by atoms with E-state index in [0.29, 0.717) is 51.9 Å². The first-order valence-electron chi connectivity index (χ1n) is 9.65. The molecule has 0 saturated heterocycles. The quantitative estimate of drug-likeness (QED) is 0.501. The second kappa shape index (κ2) is 8.61. The van der Waals surface area contributed by atoms with Gasteiger partial charge in [-0.05, 0) is 44.9 Å². The summed E-state index contributed by atoms with van der Waals surface area (Å²) in [6, 6.07) is 6.58. The number of benzene rings is 1. The second-order valence-electron chi connectivity index (χ2n) is 7.15. The first-order valence-corrected chi connectivity index (χ1v) is 10.4. The predicted molar refractivity (Wildman–Crippen MR) is 118 cm³/mol. The molecular formula is C22H19Cl2N3O4. The number of carbonyl (C=O) groups excluding carboxylic acids is 2. The van der Waals surface area contributed by atoms with Gasteiger partial charge in [0.25, 0.3) is 11.8 Å². The zero-order valence-electron chi connectivity index (χ0n) is 16.8. The van der Waals surface area contributed by atoms with Crippen molar-refractivity contribution in [3.63, 3.8) is 0 Å². The van der Waals surface area contributed by atoms with E-state index < -0.39 is 5.91 Å². The number of rotatable bonds is 4. The van der Waals surface area contributed by atoms with Gasteiger partial charge in [0.2, 0.25) is 0 Å². The summed E-state index contributed by atoms with van der Waals surface area (Å²) < 4.78 is 11.0. The van der Waals surface area contributed by atoms with Crippen molar-refractivity contribution in [2.75, 3.05) is 5.32 Å². The van der Waals surface area contributed by atoms with Crippen LogP contribution in [0.15, 0.2) is 44.5 Å². The monoisotopic (exact) mass is 459 g/mol. The maximum absolute atomic E-state index is 12.9. The minimum atomic E-state index is -0.437. The molecule has 0 spiro atoms. The molecule has 2 heterocycles. The Morgan fingerprint density at radius 3 is 2.65 bits per heavy atom. The van der Waals surface area contributed by atoms with Gasteiger partial charge < -0.3 is 14.2 Å². The molecule has 1 aliphatic carbocycles. The fraction of sp³-hybridized carbons (Fsp3) is 0.227. The van der Waals surface area contributed by atoms with Gasteiger partial charge in [-0.25, -0.2) is 5.43 Å². The highest BCUT2D eigenvalue weighted by atomic mass is 35.5. The normalized spacial score (nSPS) is 14.4. The molecule has 9 heteroatoms. The minimum absolute atomic E-state index is 0.174. The third kappa shape index (κ3) is 4.11. The number of nitrogens with zero attached hydrogens (tertiary/aromatic N) is 1. The van der Waals surface area contributed by atoms with E-state index >= 15 is 0 Å². The van der Waals surface area contributed by atoms with Gasteiger partial charge in [-0.15, -0.1) is 0 Å². The van der Waals surface area contributed by atoms with Gasteiger partial charge in [-0.2, -0.15) is 5.10 Å². The first-order chi connectivity index (χ1) is 14.9. The van der Waals surface area contributed by atoms with Crippen molar-refractivity contribution in [3.8, 4) is 0 Å². The lowest BCUT2D eigenvalue weighted by Crippen LogP contribution is -2.22. The summed E-state index contributed by atoms with van der Waals surface area (Å²) in [5, 5.41) is 7.64. The van der Waals surface area contributed by atoms with Crippen LogP contribution < -0.4 is 10.7 Å². The fourth-order valence-electron chi connectivity index (χ4n) is 3.58. The Bertz CT molecular complexity index is 1210. The number of furan rings is 2. The van der Waals surface area contributed by atoms with Crippen molar-refractivity contribution >= 4 is 46.4 Å². The summed E-state index contributed by atoms with van der Waals surface area (Å²) in [5.41, 5.74) is 5.45. The van der Waals surface area contributed by atoms with E-state index in [1.54, 1.807) is 38.1 Å². The summed E-state index contributed by atoms with van der Waals surface area (Å²) in [4.78, 5) is 25.2. The number of anilines is 1. The van der Waals surface area contributed by atoms with E-state index in [-0.39, 0.29) is 16.7 Å². The highest BCUT2D eigenvalue weighted by Gasteiger charge is 2.28. The van der Waals surface area contributed by atoms with Crippen LogP contribution in [-0.4, -0.2) is 17.5 Å². The Morgan fingerprint density at radius 2 is 1.90 bits per heavy atom. The van der Waals surface area contributed by atoms with E-state index in [2.05, 4.69) is 15.8 Å². The topological polar surface area (TPSA) is 96.8 Å². The molecule has 7 nitrogen and oxygen atoms in total. The molecule has 0 saturated carbocycles.